The van der Waals surface area contributed by atoms with Gasteiger partial charge >= 0.3 is 0 Å². The van der Waals surface area contributed by atoms with Crippen molar-refractivity contribution in [3.63, 3.8) is 0 Å². The Bertz CT molecular complexity index is 563. The van der Waals surface area contributed by atoms with Gasteiger partial charge in [-0.15, -0.1) is 6.58 Å². The quantitative estimate of drug-likeness (QED) is 0.730. The monoisotopic (exact) mass is 285 g/mol. The zero-order chi connectivity index (χ0) is 15.1. The van der Waals surface area contributed by atoms with Gasteiger partial charge in [-0.1, -0.05) is 36.4 Å². The Morgan fingerprint density at radius 1 is 1.38 bits per heavy atom. The Morgan fingerprint density at radius 2 is 2.14 bits per heavy atom. The van der Waals surface area contributed by atoms with E-state index in [1.165, 1.54) is 0 Å². The average Bonchev–Trinajstić information content (AvgIpc) is 2.80. The normalized spacial score (nSPS) is 12.3. The third-order valence-corrected chi connectivity index (χ3v) is 3.37. The Hall–Kier alpha value is -1.91. The molecule has 0 fully saturated rings. The van der Waals surface area contributed by atoms with E-state index in [0.29, 0.717) is 13.0 Å². The number of hydrogen-bond acceptors (Lipinski definition) is 3. The number of allylic oxidation sites excluding steroid dienone is 1. The van der Waals surface area contributed by atoms with Gasteiger partial charge in [-0.05, 0) is 18.9 Å². The molecule has 2 aromatic rings. The van der Waals surface area contributed by atoms with Crippen LogP contribution < -0.4 is 5.32 Å². The summed E-state index contributed by atoms with van der Waals surface area (Å²) in [5.41, 5.74) is 3.33. The van der Waals surface area contributed by atoms with Gasteiger partial charge in [0.1, 0.15) is 0 Å². The van der Waals surface area contributed by atoms with Crippen molar-refractivity contribution in [1.82, 2.24) is 15.1 Å². The third kappa shape index (κ3) is 4.85. The summed E-state index contributed by atoms with van der Waals surface area (Å²) in [6.45, 7) is 7.71. The van der Waals surface area contributed by atoms with E-state index in [9.17, 15) is 5.11 Å². The minimum absolute atomic E-state index is 0.379. The van der Waals surface area contributed by atoms with Gasteiger partial charge in [0.05, 0.1) is 18.3 Å². The second-order valence-corrected chi connectivity index (χ2v) is 5.22. The topological polar surface area (TPSA) is 50.1 Å². The molecule has 0 unspecified atom stereocenters. The van der Waals surface area contributed by atoms with Crippen LogP contribution in [0.25, 0.3) is 0 Å². The minimum atomic E-state index is -0.379. The molecule has 0 bridgehead atoms. The van der Waals surface area contributed by atoms with Crippen molar-refractivity contribution in [2.75, 3.05) is 6.54 Å². The van der Waals surface area contributed by atoms with Crippen molar-refractivity contribution >= 4 is 0 Å². The molecule has 4 nitrogen and oxygen atoms in total. The molecule has 0 aliphatic heterocycles. The van der Waals surface area contributed by atoms with Crippen molar-refractivity contribution in [2.24, 2.45) is 0 Å². The maximum Gasteiger partial charge on any atom is 0.0704 e. The fraction of sp³-hybridized carbons (Fsp3) is 0.353. The van der Waals surface area contributed by atoms with Crippen LogP contribution in [-0.2, 0) is 19.5 Å². The fourth-order valence-electron chi connectivity index (χ4n) is 2.29. The van der Waals surface area contributed by atoms with Crippen LogP contribution in [0.4, 0.5) is 0 Å². The van der Waals surface area contributed by atoms with Gasteiger partial charge in [-0.2, -0.15) is 5.10 Å². The molecule has 0 radical (unpaired) electrons. The summed E-state index contributed by atoms with van der Waals surface area (Å²) in [4.78, 5) is 0. The van der Waals surface area contributed by atoms with E-state index in [0.717, 1.165) is 29.9 Å². The highest BCUT2D eigenvalue weighted by Gasteiger charge is 2.07. The molecule has 2 rings (SSSR count). The van der Waals surface area contributed by atoms with E-state index in [-0.39, 0.29) is 6.10 Å². The second-order valence-electron chi connectivity index (χ2n) is 5.22. The van der Waals surface area contributed by atoms with E-state index in [1.807, 2.05) is 54.2 Å². The van der Waals surface area contributed by atoms with Crippen LogP contribution in [0.2, 0.25) is 0 Å². The Morgan fingerprint density at radius 3 is 2.86 bits per heavy atom. The summed E-state index contributed by atoms with van der Waals surface area (Å²) in [6, 6.07) is 10.0. The highest BCUT2D eigenvalue weighted by atomic mass is 16.3. The van der Waals surface area contributed by atoms with Crippen molar-refractivity contribution in [2.45, 2.75) is 32.5 Å². The van der Waals surface area contributed by atoms with Crippen molar-refractivity contribution in [3.8, 4) is 0 Å². The van der Waals surface area contributed by atoms with E-state index in [1.54, 1.807) is 0 Å². The average molecular weight is 285 g/mol. The lowest BCUT2D eigenvalue weighted by Crippen LogP contribution is -2.28. The van der Waals surface area contributed by atoms with Crippen LogP contribution in [0, 0.1) is 6.92 Å². The van der Waals surface area contributed by atoms with E-state index in [4.69, 9.17) is 0 Å². The molecule has 112 valence electrons. The summed E-state index contributed by atoms with van der Waals surface area (Å²) in [5.74, 6) is 0. The van der Waals surface area contributed by atoms with Gasteiger partial charge in [-0.3, -0.25) is 4.68 Å². The van der Waals surface area contributed by atoms with E-state index >= 15 is 0 Å². The van der Waals surface area contributed by atoms with E-state index in [2.05, 4.69) is 17.0 Å². The number of aliphatic hydroxyl groups is 1. The first kappa shape index (κ1) is 15.5. The molecule has 0 amide bonds. The summed E-state index contributed by atoms with van der Waals surface area (Å²) in [5, 5.41) is 17.7. The summed E-state index contributed by atoms with van der Waals surface area (Å²) in [7, 11) is 0. The first-order chi connectivity index (χ1) is 10.2. The Balaban J connectivity index is 1.77. The molecule has 1 heterocycles. The van der Waals surface area contributed by atoms with Crippen LogP contribution in [0.5, 0.6) is 0 Å². The van der Waals surface area contributed by atoms with Crippen LogP contribution >= 0.6 is 0 Å². The minimum Gasteiger partial charge on any atom is -0.391 e. The van der Waals surface area contributed by atoms with Crippen molar-refractivity contribution in [3.05, 3.63) is 66.0 Å². The molecular formula is C17H23N3O. The number of nitrogens with zero attached hydrogens (tertiary/aromatic N) is 2. The standard InChI is InChI=1S/C17H23N3O/c1-3-9-20-13-16(14(2)19-20)11-18-12-17(21)10-15-7-5-4-6-8-15/h3-8,13,17-18,21H,1,9-12H2,2H3/t17-/m0/s1. The predicted octanol–water partition coefficient (Wildman–Crippen LogP) is 2.07. The lowest BCUT2D eigenvalue weighted by molar-refractivity contribution is 0.171. The smallest absolute Gasteiger partial charge is 0.0704 e. The summed E-state index contributed by atoms with van der Waals surface area (Å²) >= 11 is 0. The van der Waals surface area contributed by atoms with Crippen LogP contribution in [-0.4, -0.2) is 27.5 Å². The molecule has 0 saturated heterocycles. The zero-order valence-corrected chi connectivity index (χ0v) is 12.5. The zero-order valence-electron chi connectivity index (χ0n) is 12.5. The second kappa shape index (κ2) is 7.76. The number of rotatable bonds is 8. The molecule has 1 aromatic carbocycles. The molecular weight excluding hydrogens is 262 g/mol. The van der Waals surface area contributed by atoms with Crippen molar-refractivity contribution in [1.29, 1.82) is 0 Å². The van der Waals surface area contributed by atoms with Crippen molar-refractivity contribution < 1.29 is 5.11 Å². The number of aliphatic hydroxyl groups excluding tert-OH is 1. The third-order valence-electron chi connectivity index (χ3n) is 3.37. The molecule has 2 N–H and O–H groups in total. The SMILES string of the molecule is C=CCn1cc(CNC[C@@H](O)Cc2ccccc2)c(C)n1. The van der Waals surface area contributed by atoms with Gasteiger partial charge in [0, 0.05) is 24.8 Å². The molecule has 0 aliphatic rings. The number of hydrogen-bond donors (Lipinski definition) is 2. The molecule has 21 heavy (non-hydrogen) atoms. The molecule has 0 spiro atoms. The van der Waals surface area contributed by atoms with Gasteiger partial charge in [0.15, 0.2) is 0 Å². The fourth-order valence-corrected chi connectivity index (χ4v) is 2.29. The number of aryl methyl sites for hydroxylation is 1. The predicted molar refractivity (Wildman–Crippen MR) is 85.0 cm³/mol. The lowest BCUT2D eigenvalue weighted by atomic mass is 10.1. The maximum atomic E-state index is 10.0. The molecule has 1 aromatic heterocycles. The number of benzene rings is 1. The van der Waals surface area contributed by atoms with Crippen LogP contribution in [0.15, 0.2) is 49.2 Å². The maximum absolute atomic E-state index is 10.0. The number of nitrogens with one attached hydrogen (secondary N) is 1. The molecule has 0 aliphatic carbocycles. The summed E-state index contributed by atoms with van der Waals surface area (Å²) < 4.78 is 1.87. The first-order valence-corrected chi connectivity index (χ1v) is 7.25. The van der Waals surface area contributed by atoms with Gasteiger partial charge in [0.25, 0.3) is 0 Å². The Kier molecular flexibility index (Phi) is 5.72. The molecule has 0 saturated carbocycles. The molecule has 1 atom stereocenters. The Labute approximate surface area is 126 Å². The van der Waals surface area contributed by atoms with Gasteiger partial charge in [-0.25, -0.2) is 0 Å². The van der Waals surface area contributed by atoms with Gasteiger partial charge < -0.3 is 10.4 Å². The lowest BCUT2D eigenvalue weighted by Gasteiger charge is -2.11. The van der Waals surface area contributed by atoms with Crippen LogP contribution in [0.1, 0.15) is 16.8 Å². The van der Waals surface area contributed by atoms with Gasteiger partial charge in [0.2, 0.25) is 0 Å². The van der Waals surface area contributed by atoms with E-state index < -0.39 is 0 Å². The summed E-state index contributed by atoms with van der Waals surface area (Å²) in [6.07, 6.45) is 4.14. The molecule has 4 heteroatoms. The first-order valence-electron chi connectivity index (χ1n) is 7.25. The highest BCUT2D eigenvalue weighted by molar-refractivity contribution is 5.16. The number of aromatic nitrogens is 2. The highest BCUT2D eigenvalue weighted by Crippen LogP contribution is 2.06. The van der Waals surface area contributed by atoms with Crippen LogP contribution in [0.3, 0.4) is 0 Å². The largest absolute Gasteiger partial charge is 0.391 e.